The molecule has 0 spiro atoms. The van der Waals surface area contributed by atoms with E-state index in [4.69, 9.17) is 0 Å². The van der Waals surface area contributed by atoms with Gasteiger partial charge in [0.25, 0.3) is 0 Å². The number of carbonyl (C=O) groups excluding carboxylic acids is 1. The van der Waals surface area contributed by atoms with Gasteiger partial charge in [-0.15, -0.1) is 0 Å². The van der Waals surface area contributed by atoms with Crippen molar-refractivity contribution in [2.24, 2.45) is 0 Å². The molecule has 1 aromatic carbocycles. The third kappa shape index (κ3) is 14.2. The molecule has 1 aromatic rings. The fourth-order valence-electron chi connectivity index (χ4n) is 3.27. The average Bonchev–Trinajstić information content (AvgIpc) is 2.66. The van der Waals surface area contributed by atoms with Crippen molar-refractivity contribution in [3.63, 3.8) is 0 Å². The van der Waals surface area contributed by atoms with Crippen LogP contribution in [0.3, 0.4) is 0 Å². The number of amides is 1. The van der Waals surface area contributed by atoms with Gasteiger partial charge in [-0.1, -0.05) is 101 Å². The predicted molar refractivity (Wildman–Crippen MR) is 117 cm³/mol. The number of carbonyl (C=O) groups is 2. The van der Waals surface area contributed by atoms with E-state index in [1.807, 2.05) is 30.3 Å². The summed E-state index contributed by atoms with van der Waals surface area (Å²) in [4.78, 5) is 23.4. The Morgan fingerprint density at radius 2 is 1.36 bits per heavy atom. The van der Waals surface area contributed by atoms with Crippen molar-refractivity contribution in [3.05, 3.63) is 35.9 Å². The molecule has 0 unspecified atom stereocenters. The van der Waals surface area contributed by atoms with Crippen molar-refractivity contribution in [1.29, 1.82) is 0 Å². The summed E-state index contributed by atoms with van der Waals surface area (Å²) in [6, 6.07) is 8.55. The Kier molecular flexibility index (Phi) is 17.7. The molecule has 0 bridgehead atoms. The van der Waals surface area contributed by atoms with E-state index in [0.29, 0.717) is 12.8 Å². The monoisotopic (exact) mass is 398 g/mol. The van der Waals surface area contributed by atoms with E-state index in [2.05, 4.69) is 12.2 Å². The zero-order valence-corrected chi connectivity index (χ0v) is 19.9. The van der Waals surface area contributed by atoms with Crippen LogP contribution in [-0.4, -0.2) is 52.6 Å². The molecule has 0 saturated heterocycles. The Morgan fingerprint density at radius 1 is 0.857 bits per heavy atom. The molecule has 0 saturated carbocycles. The second-order valence-electron chi connectivity index (χ2n) is 7.43. The summed E-state index contributed by atoms with van der Waals surface area (Å²) in [6.45, 7) is 2.24. The fourth-order valence-corrected chi connectivity index (χ4v) is 3.27. The molecular weight excluding hydrogens is 361 g/mol. The summed E-state index contributed by atoms with van der Waals surface area (Å²) in [5.74, 6) is -1.14. The Bertz CT molecular complexity index is 522. The third-order valence-corrected chi connectivity index (χ3v) is 4.92. The minimum atomic E-state index is -0.980. The molecule has 0 heterocycles. The standard InChI is InChI=1S/C23H37NO3.Na/c1-2-3-4-5-6-7-8-9-10-11-15-18-22(25)24-21(23(26)27)19-20-16-13-12-14-17-20;/h12-14,16-17,21H,2-11,15,18-19H2,1H3,(H,24,25)(H,26,27);/t21-;/m0./s1. The minimum absolute atomic E-state index is 0. The number of rotatable bonds is 16. The van der Waals surface area contributed by atoms with Crippen molar-refractivity contribution in [2.45, 2.75) is 96.4 Å². The average molecular weight is 399 g/mol. The Balaban J connectivity index is 0.00000729. The first-order valence-corrected chi connectivity index (χ1v) is 10.7. The second kappa shape index (κ2) is 18.2. The molecule has 0 aromatic heterocycles. The normalized spacial score (nSPS) is 11.5. The van der Waals surface area contributed by atoms with Crippen LogP contribution in [0.2, 0.25) is 0 Å². The van der Waals surface area contributed by atoms with E-state index >= 15 is 0 Å². The van der Waals surface area contributed by atoms with Crippen LogP contribution < -0.4 is 5.32 Å². The maximum atomic E-state index is 12.0. The molecule has 28 heavy (non-hydrogen) atoms. The molecule has 1 atom stereocenters. The SMILES string of the molecule is CCCCCCCCCCCCCC(=O)N[C@@H](Cc1ccccc1)C(=O)O.[Na]. The first kappa shape index (κ1) is 27.2. The molecule has 2 N–H and O–H groups in total. The third-order valence-electron chi connectivity index (χ3n) is 4.92. The van der Waals surface area contributed by atoms with Gasteiger partial charge >= 0.3 is 5.97 Å². The van der Waals surface area contributed by atoms with Crippen LogP contribution >= 0.6 is 0 Å². The first-order valence-electron chi connectivity index (χ1n) is 10.7. The largest absolute Gasteiger partial charge is 0.480 e. The second-order valence-corrected chi connectivity index (χ2v) is 7.43. The van der Waals surface area contributed by atoms with Crippen molar-refractivity contribution in [2.75, 3.05) is 0 Å². The topological polar surface area (TPSA) is 66.4 Å². The van der Waals surface area contributed by atoms with E-state index in [9.17, 15) is 14.7 Å². The zero-order valence-electron chi connectivity index (χ0n) is 17.9. The molecule has 0 aliphatic rings. The van der Waals surface area contributed by atoms with Crippen LogP contribution in [0.1, 0.15) is 89.5 Å². The zero-order chi connectivity index (χ0) is 19.7. The molecule has 1 amide bonds. The van der Waals surface area contributed by atoms with Crippen LogP contribution in [0, 0.1) is 0 Å². The van der Waals surface area contributed by atoms with E-state index in [0.717, 1.165) is 24.8 Å². The number of nitrogens with one attached hydrogen (secondary N) is 1. The summed E-state index contributed by atoms with van der Waals surface area (Å²) in [5.41, 5.74) is 0.917. The maximum absolute atomic E-state index is 12.0. The van der Waals surface area contributed by atoms with Gasteiger partial charge in [-0.2, -0.15) is 0 Å². The van der Waals surface area contributed by atoms with E-state index in [1.165, 1.54) is 51.4 Å². The van der Waals surface area contributed by atoms with Gasteiger partial charge in [0.15, 0.2) is 0 Å². The van der Waals surface area contributed by atoms with E-state index < -0.39 is 12.0 Å². The van der Waals surface area contributed by atoms with Crippen molar-refractivity contribution in [1.82, 2.24) is 5.32 Å². The number of hydrogen-bond acceptors (Lipinski definition) is 2. The van der Waals surface area contributed by atoms with Gasteiger partial charge in [0.05, 0.1) is 0 Å². The van der Waals surface area contributed by atoms with Crippen LogP contribution in [0.5, 0.6) is 0 Å². The first-order chi connectivity index (χ1) is 13.1. The van der Waals surface area contributed by atoms with Crippen molar-refractivity contribution in [3.8, 4) is 0 Å². The smallest absolute Gasteiger partial charge is 0.326 e. The van der Waals surface area contributed by atoms with Crippen LogP contribution in [-0.2, 0) is 16.0 Å². The van der Waals surface area contributed by atoms with Gasteiger partial charge in [-0.25, -0.2) is 4.79 Å². The number of hydrogen-bond donors (Lipinski definition) is 2. The Hall–Kier alpha value is -0.840. The number of carboxylic acids is 1. The van der Waals surface area contributed by atoms with Crippen LogP contribution in [0.25, 0.3) is 0 Å². The van der Waals surface area contributed by atoms with Crippen molar-refractivity contribution < 1.29 is 14.7 Å². The molecule has 153 valence electrons. The predicted octanol–water partition coefficient (Wildman–Crippen LogP) is 5.12. The van der Waals surface area contributed by atoms with Crippen molar-refractivity contribution >= 4 is 41.4 Å². The van der Waals surface area contributed by atoms with Gasteiger partial charge < -0.3 is 10.4 Å². The molecule has 1 rings (SSSR count). The molecule has 5 heteroatoms. The van der Waals surface area contributed by atoms with Gasteiger partial charge in [0, 0.05) is 42.4 Å². The number of benzene rings is 1. The van der Waals surface area contributed by atoms with Gasteiger partial charge in [-0.3, -0.25) is 4.79 Å². The molecular formula is C23H37NNaO3. The number of unbranched alkanes of at least 4 members (excludes halogenated alkanes) is 10. The summed E-state index contributed by atoms with van der Waals surface area (Å²) < 4.78 is 0. The summed E-state index contributed by atoms with van der Waals surface area (Å²) in [7, 11) is 0. The Labute approximate surface area is 193 Å². The molecule has 0 fully saturated rings. The van der Waals surface area contributed by atoms with Crippen LogP contribution in [0.15, 0.2) is 30.3 Å². The van der Waals surface area contributed by atoms with Crippen LogP contribution in [0.4, 0.5) is 0 Å². The quantitative estimate of drug-likeness (QED) is 0.300. The Morgan fingerprint density at radius 3 is 1.86 bits per heavy atom. The summed E-state index contributed by atoms with van der Waals surface area (Å²) in [6.07, 6.45) is 14.4. The summed E-state index contributed by atoms with van der Waals surface area (Å²) >= 11 is 0. The molecule has 0 aliphatic heterocycles. The fraction of sp³-hybridized carbons (Fsp3) is 0.652. The maximum Gasteiger partial charge on any atom is 0.326 e. The number of carboxylic acid groups (broad SMARTS) is 1. The van der Waals surface area contributed by atoms with Gasteiger partial charge in [0.1, 0.15) is 6.04 Å². The molecule has 4 nitrogen and oxygen atoms in total. The minimum Gasteiger partial charge on any atom is -0.480 e. The van der Waals surface area contributed by atoms with E-state index in [1.54, 1.807) is 0 Å². The van der Waals surface area contributed by atoms with Gasteiger partial charge in [0.2, 0.25) is 5.91 Å². The number of aliphatic carboxylic acids is 1. The van der Waals surface area contributed by atoms with Gasteiger partial charge in [-0.05, 0) is 12.0 Å². The summed E-state index contributed by atoms with van der Waals surface area (Å²) in [5, 5.41) is 12.0. The molecule has 0 aliphatic carbocycles. The van der Waals surface area contributed by atoms with E-state index in [-0.39, 0.29) is 35.5 Å². The molecule has 1 radical (unpaired) electrons.